The van der Waals surface area contributed by atoms with Crippen LogP contribution in [-0.2, 0) is 4.74 Å². The Balaban J connectivity index is 2.39. The smallest absolute Gasteiger partial charge is 0.337 e. The highest BCUT2D eigenvalue weighted by Crippen LogP contribution is 2.34. The monoisotopic (exact) mass is 192 g/mol. The van der Waals surface area contributed by atoms with Crippen molar-refractivity contribution >= 4 is 5.97 Å². The van der Waals surface area contributed by atoms with Gasteiger partial charge in [0, 0.05) is 11.5 Å². The Kier molecular flexibility index (Phi) is 2.15. The summed E-state index contributed by atoms with van der Waals surface area (Å²) in [6.07, 6.45) is 0. The number of benzene rings is 1. The van der Waals surface area contributed by atoms with Crippen LogP contribution >= 0.6 is 0 Å². The van der Waals surface area contributed by atoms with Crippen LogP contribution in [-0.4, -0.2) is 19.7 Å². The van der Waals surface area contributed by atoms with Gasteiger partial charge < -0.3 is 9.47 Å². The number of hydrogen-bond donors (Lipinski definition) is 0. The number of ether oxygens (including phenoxy) is 2. The predicted octanol–water partition coefficient (Wildman–Crippen LogP) is 1.97. The van der Waals surface area contributed by atoms with Gasteiger partial charge in [0.25, 0.3) is 0 Å². The largest absolute Gasteiger partial charge is 0.493 e. The van der Waals surface area contributed by atoms with E-state index in [-0.39, 0.29) is 5.97 Å². The summed E-state index contributed by atoms with van der Waals surface area (Å²) in [7, 11) is 1.38. The van der Waals surface area contributed by atoms with Crippen LogP contribution < -0.4 is 4.74 Å². The van der Waals surface area contributed by atoms with Gasteiger partial charge in [-0.05, 0) is 18.2 Å². The van der Waals surface area contributed by atoms with Crippen LogP contribution in [0.4, 0.5) is 0 Å². The topological polar surface area (TPSA) is 35.5 Å². The van der Waals surface area contributed by atoms with Crippen LogP contribution in [0.2, 0.25) is 0 Å². The maximum atomic E-state index is 11.3. The fourth-order valence-corrected chi connectivity index (χ4v) is 1.61. The predicted molar refractivity (Wildman–Crippen MR) is 51.7 cm³/mol. The molecule has 0 N–H and O–H groups in total. The number of rotatable bonds is 1. The summed E-state index contributed by atoms with van der Waals surface area (Å²) in [6, 6.07) is 5.40. The zero-order chi connectivity index (χ0) is 10.1. The van der Waals surface area contributed by atoms with Gasteiger partial charge in [-0.3, -0.25) is 0 Å². The number of esters is 1. The molecule has 1 atom stereocenters. The second-order valence-electron chi connectivity index (χ2n) is 3.46. The molecule has 14 heavy (non-hydrogen) atoms. The van der Waals surface area contributed by atoms with E-state index in [9.17, 15) is 4.79 Å². The summed E-state index contributed by atoms with van der Waals surface area (Å²) in [6.45, 7) is 2.77. The van der Waals surface area contributed by atoms with E-state index in [1.54, 1.807) is 6.07 Å². The SMILES string of the molecule is COC(=O)c1ccc2c(c1)C(C)CO2. The van der Waals surface area contributed by atoms with Crippen molar-refractivity contribution in [2.45, 2.75) is 12.8 Å². The number of methoxy groups -OCH3 is 1. The normalized spacial score (nSPS) is 18.6. The second-order valence-corrected chi connectivity index (χ2v) is 3.46. The van der Waals surface area contributed by atoms with Gasteiger partial charge in [-0.25, -0.2) is 4.79 Å². The summed E-state index contributed by atoms with van der Waals surface area (Å²) in [5.41, 5.74) is 1.68. The minimum absolute atomic E-state index is 0.299. The lowest BCUT2D eigenvalue weighted by molar-refractivity contribution is 0.0600. The molecule has 1 aromatic carbocycles. The average Bonchev–Trinajstić information content (AvgIpc) is 2.59. The molecule has 1 unspecified atom stereocenters. The van der Waals surface area contributed by atoms with Crippen molar-refractivity contribution in [2.75, 3.05) is 13.7 Å². The van der Waals surface area contributed by atoms with Gasteiger partial charge in [-0.1, -0.05) is 6.92 Å². The van der Waals surface area contributed by atoms with Gasteiger partial charge >= 0.3 is 5.97 Å². The zero-order valence-corrected chi connectivity index (χ0v) is 8.24. The Morgan fingerprint density at radius 3 is 3.07 bits per heavy atom. The summed E-state index contributed by atoms with van der Waals surface area (Å²) in [4.78, 5) is 11.3. The van der Waals surface area contributed by atoms with Gasteiger partial charge in [0.2, 0.25) is 0 Å². The summed E-state index contributed by atoms with van der Waals surface area (Å²) >= 11 is 0. The first-order valence-corrected chi connectivity index (χ1v) is 4.57. The standard InChI is InChI=1S/C11H12O3/c1-7-6-14-10-4-3-8(5-9(7)10)11(12)13-2/h3-5,7H,6H2,1-2H3. The molecular weight excluding hydrogens is 180 g/mol. The second kappa shape index (κ2) is 3.33. The highest BCUT2D eigenvalue weighted by molar-refractivity contribution is 5.89. The van der Waals surface area contributed by atoms with Crippen molar-refractivity contribution in [1.29, 1.82) is 0 Å². The number of hydrogen-bond acceptors (Lipinski definition) is 3. The molecule has 0 aliphatic carbocycles. The quantitative estimate of drug-likeness (QED) is 0.638. The Bertz CT molecular complexity index is 371. The van der Waals surface area contributed by atoms with Crippen molar-refractivity contribution in [3.05, 3.63) is 29.3 Å². The van der Waals surface area contributed by atoms with Gasteiger partial charge in [-0.2, -0.15) is 0 Å². The maximum Gasteiger partial charge on any atom is 0.337 e. The Labute approximate surface area is 82.6 Å². The van der Waals surface area contributed by atoms with Gasteiger partial charge in [0.05, 0.1) is 19.3 Å². The minimum Gasteiger partial charge on any atom is -0.493 e. The first-order chi connectivity index (χ1) is 6.72. The van der Waals surface area contributed by atoms with E-state index in [0.717, 1.165) is 11.3 Å². The fourth-order valence-electron chi connectivity index (χ4n) is 1.61. The van der Waals surface area contributed by atoms with E-state index >= 15 is 0 Å². The van der Waals surface area contributed by atoms with E-state index in [1.165, 1.54) is 7.11 Å². The van der Waals surface area contributed by atoms with Crippen molar-refractivity contribution in [3.63, 3.8) is 0 Å². The Morgan fingerprint density at radius 2 is 2.36 bits per heavy atom. The van der Waals surface area contributed by atoms with E-state index in [1.807, 2.05) is 12.1 Å². The molecule has 3 nitrogen and oxygen atoms in total. The molecule has 0 spiro atoms. The van der Waals surface area contributed by atoms with E-state index in [2.05, 4.69) is 11.7 Å². The maximum absolute atomic E-state index is 11.3. The molecule has 2 rings (SSSR count). The van der Waals surface area contributed by atoms with E-state index in [0.29, 0.717) is 18.1 Å². The number of carbonyl (C=O) groups excluding carboxylic acids is 1. The lowest BCUT2D eigenvalue weighted by Crippen LogP contribution is -2.01. The summed E-state index contributed by atoms with van der Waals surface area (Å²) in [5, 5.41) is 0. The first-order valence-electron chi connectivity index (χ1n) is 4.57. The Hall–Kier alpha value is -1.51. The molecule has 0 aromatic heterocycles. The van der Waals surface area contributed by atoms with Crippen LogP contribution in [0.1, 0.15) is 28.8 Å². The molecule has 3 heteroatoms. The molecule has 1 aliphatic heterocycles. The van der Waals surface area contributed by atoms with Crippen molar-refractivity contribution in [3.8, 4) is 5.75 Å². The molecule has 0 saturated heterocycles. The highest BCUT2D eigenvalue weighted by Gasteiger charge is 2.21. The summed E-state index contributed by atoms with van der Waals surface area (Å²) in [5.74, 6) is 0.937. The molecule has 0 radical (unpaired) electrons. The third kappa shape index (κ3) is 1.35. The third-order valence-corrected chi connectivity index (χ3v) is 2.45. The molecule has 0 amide bonds. The first kappa shape index (κ1) is 9.06. The van der Waals surface area contributed by atoms with Crippen molar-refractivity contribution < 1.29 is 14.3 Å². The molecule has 1 heterocycles. The van der Waals surface area contributed by atoms with Gasteiger partial charge in [0.1, 0.15) is 5.75 Å². The van der Waals surface area contributed by atoms with Crippen LogP contribution in [0.15, 0.2) is 18.2 Å². The molecular formula is C11H12O3. The van der Waals surface area contributed by atoms with E-state index in [4.69, 9.17) is 4.74 Å². The number of carbonyl (C=O) groups is 1. The lowest BCUT2D eigenvalue weighted by atomic mass is 10.0. The fraction of sp³-hybridized carbons (Fsp3) is 0.364. The molecule has 0 bridgehead atoms. The van der Waals surface area contributed by atoms with Crippen LogP contribution in [0, 0.1) is 0 Å². The summed E-state index contributed by atoms with van der Waals surface area (Å²) < 4.78 is 10.1. The highest BCUT2D eigenvalue weighted by atomic mass is 16.5. The average molecular weight is 192 g/mol. The minimum atomic E-state index is -0.299. The molecule has 1 aliphatic rings. The van der Waals surface area contributed by atoms with Gasteiger partial charge in [0.15, 0.2) is 0 Å². The lowest BCUT2D eigenvalue weighted by Gasteiger charge is -2.03. The molecule has 74 valence electrons. The third-order valence-electron chi connectivity index (χ3n) is 2.45. The van der Waals surface area contributed by atoms with Crippen LogP contribution in [0.5, 0.6) is 5.75 Å². The Morgan fingerprint density at radius 1 is 1.57 bits per heavy atom. The van der Waals surface area contributed by atoms with Crippen LogP contribution in [0.25, 0.3) is 0 Å². The molecule has 1 aromatic rings. The molecule has 0 saturated carbocycles. The zero-order valence-electron chi connectivity index (χ0n) is 8.24. The van der Waals surface area contributed by atoms with Crippen molar-refractivity contribution in [2.24, 2.45) is 0 Å². The molecule has 0 fully saturated rings. The number of fused-ring (bicyclic) bond motifs is 1. The van der Waals surface area contributed by atoms with Crippen molar-refractivity contribution in [1.82, 2.24) is 0 Å². The van der Waals surface area contributed by atoms with E-state index < -0.39 is 0 Å². The van der Waals surface area contributed by atoms with Crippen LogP contribution in [0.3, 0.4) is 0 Å². The van der Waals surface area contributed by atoms with Gasteiger partial charge in [-0.15, -0.1) is 0 Å².